The molecule has 0 amide bonds. The standard InChI is InChI=1S/C17H22N2O3S/c18-14-15-2-4-16(5-3-15)23(20,21)13-10-19-9-7-17(19)6-1-11-22-12-8-17/h2-5H,1,6-13H2. The van der Waals surface area contributed by atoms with Crippen LogP contribution in [0.2, 0.25) is 0 Å². The highest BCUT2D eigenvalue weighted by Crippen LogP contribution is 2.39. The predicted octanol–water partition coefficient (Wildman–Crippen LogP) is 1.98. The van der Waals surface area contributed by atoms with Gasteiger partial charge >= 0.3 is 0 Å². The van der Waals surface area contributed by atoms with E-state index in [1.54, 1.807) is 12.1 Å². The minimum Gasteiger partial charge on any atom is -0.381 e. The van der Waals surface area contributed by atoms with Gasteiger partial charge in [-0.1, -0.05) is 0 Å². The molecule has 6 heteroatoms. The van der Waals surface area contributed by atoms with Crippen molar-refractivity contribution < 1.29 is 13.2 Å². The fourth-order valence-corrected chi connectivity index (χ4v) is 4.83. The summed E-state index contributed by atoms with van der Waals surface area (Å²) >= 11 is 0. The van der Waals surface area contributed by atoms with Crippen molar-refractivity contribution in [3.63, 3.8) is 0 Å². The summed E-state index contributed by atoms with van der Waals surface area (Å²) in [7, 11) is -3.30. The first-order chi connectivity index (χ1) is 11.1. The number of nitriles is 1. The fourth-order valence-electron chi connectivity index (χ4n) is 3.58. The average molecular weight is 334 g/mol. The Morgan fingerprint density at radius 2 is 1.96 bits per heavy atom. The molecule has 0 saturated carbocycles. The monoisotopic (exact) mass is 334 g/mol. The van der Waals surface area contributed by atoms with Crippen molar-refractivity contribution in [2.75, 3.05) is 32.1 Å². The molecule has 2 fully saturated rings. The molecule has 124 valence electrons. The summed E-state index contributed by atoms with van der Waals surface area (Å²) in [4.78, 5) is 2.62. The number of sulfone groups is 1. The van der Waals surface area contributed by atoms with Gasteiger partial charge in [0, 0.05) is 31.8 Å². The lowest BCUT2D eigenvalue weighted by atomic mass is 9.78. The Hall–Kier alpha value is -1.42. The summed E-state index contributed by atoms with van der Waals surface area (Å²) in [5.74, 6) is 0.126. The second-order valence-corrected chi connectivity index (χ2v) is 8.49. The average Bonchev–Trinajstić information content (AvgIpc) is 2.81. The highest BCUT2D eigenvalue weighted by molar-refractivity contribution is 7.91. The second kappa shape index (κ2) is 6.60. The largest absolute Gasteiger partial charge is 0.381 e. The Balaban J connectivity index is 1.63. The molecule has 23 heavy (non-hydrogen) atoms. The number of hydrogen-bond donors (Lipinski definition) is 0. The van der Waals surface area contributed by atoms with E-state index in [0.717, 1.165) is 45.4 Å². The van der Waals surface area contributed by atoms with Gasteiger partial charge in [0.1, 0.15) is 0 Å². The molecule has 2 aliphatic rings. The molecule has 2 saturated heterocycles. The lowest BCUT2D eigenvalue weighted by molar-refractivity contribution is -0.0243. The predicted molar refractivity (Wildman–Crippen MR) is 86.8 cm³/mol. The van der Waals surface area contributed by atoms with E-state index < -0.39 is 9.84 Å². The number of likely N-dealkylation sites (tertiary alicyclic amines) is 1. The van der Waals surface area contributed by atoms with Gasteiger partial charge in [-0.05, 0) is 49.9 Å². The van der Waals surface area contributed by atoms with Crippen LogP contribution in [0.5, 0.6) is 0 Å². The lowest BCUT2D eigenvalue weighted by Gasteiger charge is -2.53. The van der Waals surface area contributed by atoms with E-state index >= 15 is 0 Å². The van der Waals surface area contributed by atoms with E-state index in [-0.39, 0.29) is 11.3 Å². The quantitative estimate of drug-likeness (QED) is 0.842. The molecule has 3 rings (SSSR count). The molecule has 2 aliphatic heterocycles. The number of benzene rings is 1. The van der Waals surface area contributed by atoms with Crippen molar-refractivity contribution in [1.29, 1.82) is 5.26 Å². The third kappa shape index (κ3) is 3.42. The van der Waals surface area contributed by atoms with Crippen LogP contribution >= 0.6 is 0 Å². The zero-order valence-corrected chi connectivity index (χ0v) is 14.0. The van der Waals surface area contributed by atoms with Crippen LogP contribution in [0.4, 0.5) is 0 Å². The maximum absolute atomic E-state index is 12.5. The summed E-state index contributed by atoms with van der Waals surface area (Å²) in [6.07, 6.45) is 4.31. The molecule has 1 unspecified atom stereocenters. The molecule has 1 spiro atoms. The van der Waals surface area contributed by atoms with Gasteiger partial charge in [0.25, 0.3) is 0 Å². The number of nitrogens with zero attached hydrogens (tertiary/aromatic N) is 2. The molecule has 5 nitrogen and oxygen atoms in total. The van der Waals surface area contributed by atoms with Crippen molar-refractivity contribution in [2.24, 2.45) is 0 Å². The van der Waals surface area contributed by atoms with E-state index in [4.69, 9.17) is 10.00 Å². The zero-order valence-electron chi connectivity index (χ0n) is 13.2. The molecule has 1 atom stereocenters. The SMILES string of the molecule is N#Cc1ccc(S(=O)(=O)CCN2CCC23CCCOCC3)cc1. The van der Waals surface area contributed by atoms with Crippen molar-refractivity contribution in [2.45, 2.75) is 36.1 Å². The van der Waals surface area contributed by atoms with Crippen LogP contribution in [-0.2, 0) is 14.6 Å². The molecule has 0 radical (unpaired) electrons. The molecule has 0 bridgehead atoms. The second-order valence-electron chi connectivity index (χ2n) is 6.38. The number of hydrogen-bond acceptors (Lipinski definition) is 5. The smallest absolute Gasteiger partial charge is 0.179 e. The van der Waals surface area contributed by atoms with E-state index in [9.17, 15) is 8.42 Å². The van der Waals surface area contributed by atoms with Crippen molar-refractivity contribution >= 4 is 9.84 Å². The zero-order chi connectivity index (χ0) is 16.3. The molecule has 0 aromatic heterocycles. The van der Waals surface area contributed by atoms with Crippen LogP contribution in [0.3, 0.4) is 0 Å². The molecular formula is C17H22N2O3S. The highest BCUT2D eigenvalue weighted by Gasteiger charge is 2.44. The maximum Gasteiger partial charge on any atom is 0.179 e. The van der Waals surface area contributed by atoms with Gasteiger partial charge in [-0.2, -0.15) is 5.26 Å². The summed E-state index contributed by atoms with van der Waals surface area (Å²) < 4.78 is 30.5. The van der Waals surface area contributed by atoms with Gasteiger partial charge in [0.2, 0.25) is 0 Å². The van der Waals surface area contributed by atoms with E-state index in [0.29, 0.717) is 17.0 Å². The van der Waals surface area contributed by atoms with Gasteiger partial charge in [0.15, 0.2) is 9.84 Å². The van der Waals surface area contributed by atoms with Crippen LogP contribution in [0, 0.1) is 11.3 Å². The van der Waals surface area contributed by atoms with Crippen molar-refractivity contribution in [3.05, 3.63) is 29.8 Å². The molecule has 2 heterocycles. The Morgan fingerprint density at radius 1 is 1.17 bits per heavy atom. The lowest BCUT2D eigenvalue weighted by Crippen LogP contribution is -2.60. The molecule has 1 aromatic carbocycles. The Labute approximate surface area is 137 Å². The summed E-state index contributed by atoms with van der Waals surface area (Å²) in [6, 6.07) is 8.17. The van der Waals surface area contributed by atoms with E-state index in [1.807, 2.05) is 6.07 Å². The van der Waals surface area contributed by atoms with Crippen molar-refractivity contribution in [3.8, 4) is 6.07 Å². The highest BCUT2D eigenvalue weighted by atomic mass is 32.2. The van der Waals surface area contributed by atoms with Gasteiger partial charge < -0.3 is 4.74 Å². The fraction of sp³-hybridized carbons (Fsp3) is 0.588. The topological polar surface area (TPSA) is 70.4 Å². The first-order valence-electron chi connectivity index (χ1n) is 8.12. The van der Waals surface area contributed by atoms with Crippen LogP contribution < -0.4 is 0 Å². The third-order valence-electron chi connectivity index (χ3n) is 5.13. The minimum atomic E-state index is -3.30. The van der Waals surface area contributed by atoms with Crippen LogP contribution in [0.15, 0.2) is 29.2 Å². The Bertz CT molecular complexity index is 684. The number of rotatable bonds is 4. The van der Waals surface area contributed by atoms with Crippen LogP contribution in [-0.4, -0.2) is 50.9 Å². The molecule has 0 aliphatic carbocycles. The first kappa shape index (κ1) is 16.4. The summed E-state index contributed by atoms with van der Waals surface area (Å²) in [5.41, 5.74) is 0.639. The van der Waals surface area contributed by atoms with Gasteiger partial charge in [-0.3, -0.25) is 4.90 Å². The van der Waals surface area contributed by atoms with Crippen LogP contribution in [0.25, 0.3) is 0 Å². The van der Waals surface area contributed by atoms with Crippen molar-refractivity contribution in [1.82, 2.24) is 4.90 Å². The van der Waals surface area contributed by atoms with Gasteiger partial charge in [0.05, 0.1) is 22.3 Å². The van der Waals surface area contributed by atoms with Gasteiger partial charge in [-0.15, -0.1) is 0 Å². The summed E-state index contributed by atoms with van der Waals surface area (Å²) in [6.45, 7) is 3.14. The van der Waals surface area contributed by atoms with Gasteiger partial charge in [-0.25, -0.2) is 8.42 Å². The normalized spacial score (nSPS) is 25.5. The van der Waals surface area contributed by atoms with E-state index in [2.05, 4.69) is 4.90 Å². The molecule has 1 aromatic rings. The molecular weight excluding hydrogens is 312 g/mol. The first-order valence-corrected chi connectivity index (χ1v) is 9.77. The number of ether oxygens (including phenoxy) is 1. The molecule has 0 N–H and O–H groups in total. The maximum atomic E-state index is 12.5. The van der Waals surface area contributed by atoms with Crippen LogP contribution in [0.1, 0.15) is 31.2 Å². The summed E-state index contributed by atoms with van der Waals surface area (Å²) in [5, 5.41) is 8.79. The minimum absolute atomic E-state index is 0.126. The van der Waals surface area contributed by atoms with E-state index in [1.165, 1.54) is 12.1 Å². The third-order valence-corrected chi connectivity index (χ3v) is 6.84. The Morgan fingerprint density at radius 3 is 2.61 bits per heavy atom. The Kier molecular flexibility index (Phi) is 4.72.